The van der Waals surface area contributed by atoms with Gasteiger partial charge in [0.2, 0.25) is 0 Å². The zero-order valence-electron chi connectivity index (χ0n) is 4.17. The summed E-state index contributed by atoms with van der Waals surface area (Å²) in [6, 6.07) is 0. The Morgan fingerprint density at radius 3 is 2.38 bits per heavy atom. The molecule has 0 rings (SSSR count). The predicted molar refractivity (Wildman–Crippen MR) is 27.4 cm³/mol. The normalized spacial score (nSPS) is 11.4. The molecule has 0 spiro atoms. The highest BCUT2D eigenvalue weighted by molar-refractivity contribution is 6.49. The fourth-order valence-corrected chi connectivity index (χ4v) is 0.495. The zero-order chi connectivity index (χ0) is 6.62. The molecule has 0 aliphatic carbocycles. The lowest BCUT2D eigenvalue weighted by Crippen LogP contribution is -2.33. The van der Waals surface area contributed by atoms with Crippen molar-refractivity contribution in [1.82, 2.24) is 0 Å². The van der Waals surface area contributed by atoms with Crippen molar-refractivity contribution in [2.75, 3.05) is 6.61 Å². The van der Waals surface area contributed by atoms with Crippen LogP contribution in [0, 0.1) is 0 Å². The summed E-state index contributed by atoms with van der Waals surface area (Å²) >= 11 is 0. The van der Waals surface area contributed by atoms with Gasteiger partial charge in [-0.15, -0.1) is 6.58 Å². The lowest BCUT2D eigenvalue weighted by atomic mass is 10.7. The van der Waals surface area contributed by atoms with Crippen molar-refractivity contribution >= 4 is 9.14 Å². The molecule has 0 aliphatic heterocycles. The molecule has 0 aromatic rings. The molecule has 0 bridgehead atoms. The van der Waals surface area contributed by atoms with E-state index in [-0.39, 0.29) is 6.61 Å². The van der Waals surface area contributed by atoms with E-state index in [1.165, 1.54) is 6.08 Å². The second-order valence-corrected chi connectivity index (χ2v) is 2.47. The van der Waals surface area contributed by atoms with Gasteiger partial charge in [-0.1, -0.05) is 6.08 Å². The van der Waals surface area contributed by atoms with E-state index in [4.69, 9.17) is 9.59 Å². The molecule has 0 fully saturated rings. The topological polar surface area (TPSA) is 49.7 Å². The maximum atomic E-state index is 11.6. The van der Waals surface area contributed by atoms with Crippen molar-refractivity contribution in [3.05, 3.63) is 12.7 Å². The Kier molecular flexibility index (Phi) is 2.84. The van der Waals surface area contributed by atoms with Crippen LogP contribution in [0.4, 0.5) is 4.11 Å². The van der Waals surface area contributed by atoms with Crippen LogP contribution in [0.1, 0.15) is 0 Å². The minimum Gasteiger partial charge on any atom is -0.364 e. The molecule has 3 nitrogen and oxygen atoms in total. The molecule has 8 heavy (non-hydrogen) atoms. The van der Waals surface area contributed by atoms with Gasteiger partial charge < -0.3 is 14.0 Å². The highest BCUT2D eigenvalue weighted by atomic mass is 28.4. The van der Waals surface area contributed by atoms with Crippen LogP contribution < -0.4 is 0 Å². The van der Waals surface area contributed by atoms with Crippen LogP contribution in [0.3, 0.4) is 0 Å². The van der Waals surface area contributed by atoms with Crippen LogP contribution in [-0.2, 0) is 4.43 Å². The third-order valence-corrected chi connectivity index (χ3v) is 0.919. The zero-order valence-corrected chi connectivity index (χ0v) is 5.17. The van der Waals surface area contributed by atoms with Crippen molar-refractivity contribution in [2.45, 2.75) is 0 Å². The van der Waals surface area contributed by atoms with E-state index in [1.807, 2.05) is 0 Å². The molecule has 5 heteroatoms. The van der Waals surface area contributed by atoms with E-state index in [1.54, 1.807) is 0 Å². The summed E-state index contributed by atoms with van der Waals surface area (Å²) in [5.41, 5.74) is 0. The van der Waals surface area contributed by atoms with Gasteiger partial charge in [0.25, 0.3) is 0 Å². The first-order valence-electron chi connectivity index (χ1n) is 1.95. The minimum absolute atomic E-state index is 0.171. The fourth-order valence-electron chi connectivity index (χ4n) is 0.165. The van der Waals surface area contributed by atoms with Crippen molar-refractivity contribution < 1.29 is 18.1 Å². The SMILES string of the molecule is C=CCO[Si](O)(O)F. The van der Waals surface area contributed by atoms with Crippen LogP contribution in [0.2, 0.25) is 0 Å². The van der Waals surface area contributed by atoms with Gasteiger partial charge in [0, 0.05) is 0 Å². The van der Waals surface area contributed by atoms with Crippen LogP contribution in [0.5, 0.6) is 0 Å². The minimum atomic E-state index is -4.75. The highest BCUT2D eigenvalue weighted by Gasteiger charge is 2.33. The molecule has 0 aromatic heterocycles. The van der Waals surface area contributed by atoms with Gasteiger partial charge in [-0.25, -0.2) is 4.11 Å². The van der Waals surface area contributed by atoms with Gasteiger partial charge >= 0.3 is 9.14 Å². The summed E-state index contributed by atoms with van der Waals surface area (Å²) in [5, 5.41) is 0. The van der Waals surface area contributed by atoms with E-state index in [0.29, 0.717) is 0 Å². The summed E-state index contributed by atoms with van der Waals surface area (Å²) < 4.78 is 15.4. The molecule has 0 amide bonds. The van der Waals surface area contributed by atoms with Crippen LogP contribution in [0.15, 0.2) is 12.7 Å². The molecular weight excluding hydrogens is 131 g/mol. The number of hydrogen-bond donors (Lipinski definition) is 2. The molecule has 0 saturated carbocycles. The van der Waals surface area contributed by atoms with Gasteiger partial charge in [0.1, 0.15) is 0 Å². The van der Waals surface area contributed by atoms with E-state index < -0.39 is 9.14 Å². The molecule has 0 atom stereocenters. The van der Waals surface area contributed by atoms with Crippen molar-refractivity contribution in [3.8, 4) is 0 Å². The Balaban J connectivity index is 3.24. The van der Waals surface area contributed by atoms with Gasteiger partial charge in [-0.05, 0) is 0 Å². The monoisotopic (exact) mass is 138 g/mol. The molecule has 0 aromatic carbocycles. The summed E-state index contributed by atoms with van der Waals surface area (Å²) in [6.07, 6.45) is 1.23. The molecule has 0 heterocycles. The van der Waals surface area contributed by atoms with Gasteiger partial charge in [0.05, 0.1) is 6.61 Å². The first-order chi connectivity index (χ1) is 3.56. The van der Waals surface area contributed by atoms with E-state index in [0.717, 1.165) is 0 Å². The average molecular weight is 138 g/mol. The summed E-state index contributed by atoms with van der Waals surface area (Å²) in [7, 11) is -4.75. The van der Waals surface area contributed by atoms with Crippen LogP contribution in [-0.4, -0.2) is 25.3 Å². The van der Waals surface area contributed by atoms with Crippen molar-refractivity contribution in [2.24, 2.45) is 0 Å². The van der Waals surface area contributed by atoms with Gasteiger partial charge in [-0.2, -0.15) is 0 Å². The standard InChI is InChI=1S/C3H7FO3Si/c1-2-3-7-8(4,5)6/h2,5-6H,1,3H2. The summed E-state index contributed by atoms with van der Waals surface area (Å²) in [6.45, 7) is 3.00. The highest BCUT2D eigenvalue weighted by Crippen LogP contribution is 1.94. The number of hydrogen-bond acceptors (Lipinski definition) is 3. The van der Waals surface area contributed by atoms with Crippen molar-refractivity contribution in [3.63, 3.8) is 0 Å². The second kappa shape index (κ2) is 2.93. The smallest absolute Gasteiger partial charge is 0.364 e. The molecule has 48 valence electrons. The van der Waals surface area contributed by atoms with Crippen molar-refractivity contribution in [1.29, 1.82) is 0 Å². The van der Waals surface area contributed by atoms with Gasteiger partial charge in [-0.3, -0.25) is 0 Å². The van der Waals surface area contributed by atoms with Gasteiger partial charge in [0.15, 0.2) is 0 Å². The third kappa shape index (κ3) is 5.77. The third-order valence-electron chi connectivity index (χ3n) is 0.385. The Bertz CT molecular complexity index is 79.1. The van der Waals surface area contributed by atoms with E-state index in [9.17, 15) is 4.11 Å². The van der Waals surface area contributed by atoms with E-state index in [2.05, 4.69) is 11.0 Å². The maximum absolute atomic E-state index is 11.6. The first kappa shape index (κ1) is 7.77. The molecule has 2 N–H and O–H groups in total. The molecule has 0 aliphatic rings. The van der Waals surface area contributed by atoms with Crippen LogP contribution >= 0.6 is 0 Å². The maximum Gasteiger partial charge on any atom is 0.714 e. The Morgan fingerprint density at radius 1 is 1.75 bits per heavy atom. The quantitative estimate of drug-likeness (QED) is 0.316. The molecule has 0 radical (unpaired) electrons. The first-order valence-corrected chi connectivity index (χ1v) is 3.63. The predicted octanol–water partition coefficient (Wildman–Crippen LogP) is -0.421. The Hall–Kier alpha value is -0.233. The van der Waals surface area contributed by atoms with E-state index >= 15 is 0 Å². The lowest BCUT2D eigenvalue weighted by molar-refractivity contribution is 0.113. The Morgan fingerprint density at radius 2 is 2.25 bits per heavy atom. The number of rotatable bonds is 3. The fraction of sp³-hybridized carbons (Fsp3) is 0.333. The molecule has 0 saturated heterocycles. The second-order valence-electron chi connectivity index (χ2n) is 1.13. The largest absolute Gasteiger partial charge is 0.714 e. The Labute approximate surface area is 47.6 Å². The molecule has 0 unspecified atom stereocenters. The number of halogens is 1. The average Bonchev–Trinajstić information content (AvgIpc) is 1.59. The summed E-state index contributed by atoms with van der Waals surface area (Å²) in [5.74, 6) is 0. The molecular formula is C3H7FO3Si. The summed E-state index contributed by atoms with van der Waals surface area (Å²) in [4.78, 5) is 15.8. The van der Waals surface area contributed by atoms with Crippen LogP contribution in [0.25, 0.3) is 0 Å². The lowest BCUT2D eigenvalue weighted by Gasteiger charge is -2.03.